The fourth-order valence-corrected chi connectivity index (χ4v) is 3.14. The van der Waals surface area contributed by atoms with Crippen LogP contribution >= 0.6 is 12.4 Å². The van der Waals surface area contributed by atoms with E-state index >= 15 is 0 Å². The number of ether oxygens (including phenoxy) is 1. The minimum atomic E-state index is -0.0516. The highest BCUT2D eigenvalue weighted by atomic mass is 35.5. The zero-order chi connectivity index (χ0) is 15.9. The van der Waals surface area contributed by atoms with Crippen LogP contribution in [-0.2, 0) is 4.79 Å². The molecule has 0 aromatic heterocycles. The Morgan fingerprint density at radius 1 is 1.39 bits per heavy atom. The number of para-hydroxylation sites is 1. The predicted octanol–water partition coefficient (Wildman–Crippen LogP) is 3.24. The third-order valence-electron chi connectivity index (χ3n) is 4.73. The molecule has 2 rings (SSSR count). The molecule has 1 fully saturated rings. The van der Waals surface area contributed by atoms with Crippen LogP contribution in [-0.4, -0.2) is 25.1 Å². The van der Waals surface area contributed by atoms with Gasteiger partial charge in [-0.2, -0.15) is 0 Å². The minimum Gasteiger partial charge on any atom is -0.483 e. The standard InChI is InChI=1S/C18H28N2O2.ClH/c1-3-13(2)15-8-4-5-10-17(15)22-12-18(21)20-16-9-6-7-14(16)11-19;/h4-5,8,10,13-14,16H,3,6-7,9,11-12,19H2,1-2H3,(H,20,21);1H. The third-order valence-corrected chi connectivity index (χ3v) is 4.73. The monoisotopic (exact) mass is 340 g/mol. The van der Waals surface area contributed by atoms with Crippen LogP contribution in [0.15, 0.2) is 24.3 Å². The first kappa shape index (κ1) is 19.8. The van der Waals surface area contributed by atoms with Crippen molar-refractivity contribution in [3.8, 4) is 5.75 Å². The Labute approximate surface area is 145 Å². The Morgan fingerprint density at radius 2 is 2.13 bits per heavy atom. The number of rotatable bonds is 7. The van der Waals surface area contributed by atoms with Crippen LogP contribution in [0.5, 0.6) is 5.75 Å². The highest BCUT2D eigenvalue weighted by molar-refractivity contribution is 5.85. The Hall–Kier alpha value is -1.26. The molecule has 4 nitrogen and oxygen atoms in total. The molecule has 0 heterocycles. The van der Waals surface area contributed by atoms with Gasteiger partial charge in [0, 0.05) is 6.04 Å². The summed E-state index contributed by atoms with van der Waals surface area (Å²) in [5, 5.41) is 3.07. The van der Waals surface area contributed by atoms with E-state index in [4.69, 9.17) is 10.5 Å². The molecule has 0 saturated heterocycles. The minimum absolute atomic E-state index is 0. The lowest BCUT2D eigenvalue weighted by Gasteiger charge is -2.20. The number of hydrogen-bond donors (Lipinski definition) is 2. The fraction of sp³-hybridized carbons (Fsp3) is 0.611. The quantitative estimate of drug-likeness (QED) is 0.800. The van der Waals surface area contributed by atoms with Crippen LogP contribution in [0.25, 0.3) is 0 Å². The van der Waals surface area contributed by atoms with Gasteiger partial charge in [0.2, 0.25) is 0 Å². The normalized spacial score (nSPS) is 21.3. The number of halogens is 1. The van der Waals surface area contributed by atoms with Gasteiger partial charge in [-0.1, -0.05) is 38.5 Å². The largest absolute Gasteiger partial charge is 0.483 e. The molecule has 1 aliphatic rings. The zero-order valence-corrected chi connectivity index (χ0v) is 14.9. The first-order valence-corrected chi connectivity index (χ1v) is 8.36. The average molecular weight is 341 g/mol. The van der Waals surface area contributed by atoms with E-state index in [2.05, 4.69) is 25.2 Å². The molecule has 3 N–H and O–H groups in total. The van der Waals surface area contributed by atoms with Crippen LogP contribution in [0.3, 0.4) is 0 Å². The Bertz CT molecular complexity index is 496. The van der Waals surface area contributed by atoms with Gasteiger partial charge in [0.25, 0.3) is 5.91 Å². The van der Waals surface area contributed by atoms with Gasteiger partial charge in [0.15, 0.2) is 6.61 Å². The first-order valence-electron chi connectivity index (χ1n) is 8.36. The van der Waals surface area contributed by atoms with Gasteiger partial charge in [-0.15, -0.1) is 12.4 Å². The molecule has 1 aliphatic carbocycles. The molecule has 1 aromatic rings. The Balaban J connectivity index is 0.00000264. The molecule has 1 saturated carbocycles. The maximum Gasteiger partial charge on any atom is 0.258 e. The maximum absolute atomic E-state index is 12.1. The second-order valence-corrected chi connectivity index (χ2v) is 6.24. The van der Waals surface area contributed by atoms with Gasteiger partial charge >= 0.3 is 0 Å². The van der Waals surface area contributed by atoms with Crippen molar-refractivity contribution in [2.24, 2.45) is 11.7 Å². The highest BCUT2D eigenvalue weighted by Gasteiger charge is 2.27. The van der Waals surface area contributed by atoms with Gasteiger partial charge in [-0.05, 0) is 49.3 Å². The number of amides is 1. The molecule has 0 radical (unpaired) electrons. The van der Waals surface area contributed by atoms with E-state index in [0.717, 1.165) is 31.4 Å². The summed E-state index contributed by atoms with van der Waals surface area (Å²) in [5.41, 5.74) is 6.92. The van der Waals surface area contributed by atoms with E-state index < -0.39 is 0 Å². The van der Waals surface area contributed by atoms with Gasteiger partial charge in [-0.25, -0.2) is 0 Å². The second kappa shape index (κ2) is 9.78. The molecular weight excluding hydrogens is 312 g/mol. The third kappa shape index (κ3) is 5.40. The first-order chi connectivity index (χ1) is 10.7. The van der Waals surface area contributed by atoms with Crippen LogP contribution < -0.4 is 15.8 Å². The van der Waals surface area contributed by atoms with Crippen molar-refractivity contribution >= 4 is 18.3 Å². The SMILES string of the molecule is CCC(C)c1ccccc1OCC(=O)NC1CCCC1CN.Cl. The van der Waals surface area contributed by atoms with E-state index in [-0.39, 0.29) is 31.0 Å². The lowest BCUT2D eigenvalue weighted by molar-refractivity contribution is -0.124. The molecule has 1 amide bonds. The zero-order valence-electron chi connectivity index (χ0n) is 14.1. The van der Waals surface area contributed by atoms with Crippen molar-refractivity contribution in [1.82, 2.24) is 5.32 Å². The topological polar surface area (TPSA) is 64.3 Å². The van der Waals surface area contributed by atoms with Crippen molar-refractivity contribution in [3.63, 3.8) is 0 Å². The van der Waals surface area contributed by atoms with E-state index in [1.54, 1.807) is 0 Å². The lowest BCUT2D eigenvalue weighted by Crippen LogP contribution is -2.42. The summed E-state index contributed by atoms with van der Waals surface area (Å²) < 4.78 is 5.76. The van der Waals surface area contributed by atoms with E-state index in [9.17, 15) is 4.79 Å². The Morgan fingerprint density at radius 3 is 2.83 bits per heavy atom. The summed E-state index contributed by atoms with van der Waals surface area (Å²) in [5.74, 6) is 1.60. The summed E-state index contributed by atoms with van der Waals surface area (Å²) in [6, 6.07) is 8.18. The smallest absolute Gasteiger partial charge is 0.258 e. The van der Waals surface area contributed by atoms with Gasteiger partial charge < -0.3 is 15.8 Å². The number of benzene rings is 1. The van der Waals surface area contributed by atoms with Gasteiger partial charge in [-0.3, -0.25) is 4.79 Å². The number of carbonyl (C=O) groups excluding carboxylic acids is 1. The predicted molar refractivity (Wildman–Crippen MR) is 96.2 cm³/mol. The molecule has 3 unspecified atom stereocenters. The van der Waals surface area contributed by atoms with Crippen molar-refractivity contribution < 1.29 is 9.53 Å². The van der Waals surface area contributed by atoms with E-state index in [0.29, 0.717) is 18.4 Å². The number of nitrogens with two attached hydrogens (primary N) is 1. The van der Waals surface area contributed by atoms with Gasteiger partial charge in [0.1, 0.15) is 5.75 Å². The van der Waals surface area contributed by atoms with Crippen LogP contribution in [0.4, 0.5) is 0 Å². The summed E-state index contributed by atoms with van der Waals surface area (Å²) in [4.78, 5) is 12.1. The number of carbonyl (C=O) groups is 1. The Kier molecular flexibility index (Phi) is 8.42. The highest BCUT2D eigenvalue weighted by Crippen LogP contribution is 2.28. The van der Waals surface area contributed by atoms with Crippen molar-refractivity contribution in [2.75, 3.05) is 13.2 Å². The maximum atomic E-state index is 12.1. The lowest BCUT2D eigenvalue weighted by atomic mass is 9.98. The molecule has 23 heavy (non-hydrogen) atoms. The molecule has 3 atom stereocenters. The summed E-state index contributed by atoms with van der Waals surface area (Å²) in [6.45, 7) is 5.04. The molecule has 0 bridgehead atoms. The molecule has 1 aromatic carbocycles. The average Bonchev–Trinajstić information content (AvgIpc) is 2.99. The van der Waals surface area contributed by atoms with E-state index in [1.165, 1.54) is 5.56 Å². The van der Waals surface area contributed by atoms with Crippen molar-refractivity contribution in [2.45, 2.75) is 51.5 Å². The van der Waals surface area contributed by atoms with E-state index in [1.807, 2.05) is 18.2 Å². The van der Waals surface area contributed by atoms with Crippen molar-refractivity contribution in [1.29, 1.82) is 0 Å². The molecule has 0 spiro atoms. The van der Waals surface area contributed by atoms with Gasteiger partial charge in [0.05, 0.1) is 0 Å². The summed E-state index contributed by atoms with van der Waals surface area (Å²) in [6.07, 6.45) is 4.33. The van der Waals surface area contributed by atoms with Crippen LogP contribution in [0, 0.1) is 5.92 Å². The fourth-order valence-electron chi connectivity index (χ4n) is 3.14. The second-order valence-electron chi connectivity index (χ2n) is 6.24. The van der Waals surface area contributed by atoms with Crippen LogP contribution in [0.1, 0.15) is 51.0 Å². The molecular formula is C18H29ClN2O2. The number of nitrogens with one attached hydrogen (secondary N) is 1. The number of hydrogen-bond acceptors (Lipinski definition) is 3. The molecule has 5 heteroatoms. The summed E-state index contributed by atoms with van der Waals surface area (Å²) >= 11 is 0. The van der Waals surface area contributed by atoms with Crippen LogP contribution in [0.2, 0.25) is 0 Å². The summed E-state index contributed by atoms with van der Waals surface area (Å²) in [7, 11) is 0. The van der Waals surface area contributed by atoms with Crippen molar-refractivity contribution in [3.05, 3.63) is 29.8 Å². The molecule has 0 aliphatic heterocycles. The molecule has 130 valence electrons.